The molecule has 4 aromatic rings. The van der Waals surface area contributed by atoms with E-state index in [9.17, 15) is 19.2 Å². The van der Waals surface area contributed by atoms with Gasteiger partial charge in [0.1, 0.15) is 42.6 Å². The third kappa shape index (κ3) is 10.5. The maximum Gasteiger partial charge on any atom is 0.244 e. The van der Waals surface area contributed by atoms with E-state index in [0.717, 1.165) is 6.42 Å². The number of carbonyl (C=O) groups excluding carboxylic acids is 4. The normalized spacial score (nSPS) is 12.2. The van der Waals surface area contributed by atoms with E-state index in [1.54, 1.807) is 47.8 Å². The summed E-state index contributed by atoms with van der Waals surface area (Å²) in [6, 6.07) is 10.8. The van der Waals surface area contributed by atoms with Crippen LogP contribution in [0.15, 0.2) is 36.4 Å². The Bertz CT molecular complexity index is 1950. The van der Waals surface area contributed by atoms with Gasteiger partial charge in [-0.2, -0.15) is 10.2 Å². The average molecular weight is 732 g/mol. The van der Waals surface area contributed by atoms with Crippen LogP contribution >= 0.6 is 0 Å². The molecule has 0 saturated heterocycles. The van der Waals surface area contributed by atoms with Crippen LogP contribution in [-0.4, -0.2) is 88.2 Å². The number of methoxy groups -OCH3 is 2. The van der Waals surface area contributed by atoms with Crippen LogP contribution in [0.25, 0.3) is 21.8 Å². The van der Waals surface area contributed by atoms with Crippen molar-refractivity contribution in [3.05, 3.63) is 47.8 Å². The van der Waals surface area contributed by atoms with Crippen molar-refractivity contribution in [2.75, 3.05) is 40.5 Å². The number of carbonyl (C=O) groups is 4. The maximum absolute atomic E-state index is 14.1. The average Bonchev–Trinajstić information content (AvgIpc) is 3.64. The lowest BCUT2D eigenvalue weighted by molar-refractivity contribution is -0.134. The van der Waals surface area contributed by atoms with Gasteiger partial charge in [-0.15, -0.1) is 0 Å². The summed E-state index contributed by atoms with van der Waals surface area (Å²) >= 11 is 0. The first kappa shape index (κ1) is 41.2. The van der Waals surface area contributed by atoms with E-state index in [1.807, 2.05) is 44.7 Å². The van der Waals surface area contributed by atoms with Gasteiger partial charge in [0.25, 0.3) is 0 Å². The van der Waals surface area contributed by atoms with Gasteiger partial charge in [-0.05, 0) is 47.9 Å². The zero-order valence-corrected chi connectivity index (χ0v) is 33.4. The number of Topliss-reactive ketones (excluding diaryl/α,β-unsaturated/α-hetero) is 3. The van der Waals surface area contributed by atoms with Crippen molar-refractivity contribution in [1.29, 1.82) is 0 Å². The first-order valence-corrected chi connectivity index (χ1v) is 18.4. The van der Waals surface area contributed by atoms with Gasteiger partial charge >= 0.3 is 0 Å². The topological polar surface area (TPSA) is 135 Å². The number of nitrogens with zero attached hydrogens (tertiary/aromatic N) is 5. The number of ketones is 3. The van der Waals surface area contributed by atoms with Gasteiger partial charge in [-0.1, -0.05) is 62.3 Å². The van der Waals surface area contributed by atoms with Crippen molar-refractivity contribution >= 4 is 45.1 Å². The van der Waals surface area contributed by atoms with E-state index in [1.165, 1.54) is 0 Å². The number of hydrogen-bond acceptors (Lipinski definition) is 9. The molecule has 2 heterocycles. The van der Waals surface area contributed by atoms with Crippen LogP contribution in [0.1, 0.15) is 96.1 Å². The van der Waals surface area contributed by atoms with Gasteiger partial charge in [0, 0.05) is 54.4 Å². The van der Waals surface area contributed by atoms with E-state index in [-0.39, 0.29) is 65.6 Å². The molecule has 0 fully saturated rings. The van der Waals surface area contributed by atoms with Crippen LogP contribution in [0.5, 0.6) is 11.5 Å². The second kappa shape index (κ2) is 17.0. The van der Waals surface area contributed by atoms with Gasteiger partial charge in [0.2, 0.25) is 5.91 Å². The monoisotopic (exact) mass is 731 g/mol. The predicted octanol–water partition coefficient (Wildman–Crippen LogP) is 7.05. The Hall–Kier alpha value is -4.58. The molecule has 12 heteroatoms. The minimum absolute atomic E-state index is 0.00261. The molecule has 288 valence electrons. The molecule has 12 nitrogen and oxygen atoms in total. The van der Waals surface area contributed by atoms with Crippen molar-refractivity contribution in [3.8, 4) is 11.5 Å². The number of hydrogen-bond donors (Lipinski definition) is 0. The van der Waals surface area contributed by atoms with Crippen LogP contribution in [0.4, 0.5) is 0 Å². The second-order valence-corrected chi connectivity index (χ2v) is 16.4. The number of aromatic nitrogens is 4. The van der Waals surface area contributed by atoms with Gasteiger partial charge in [0.05, 0.1) is 25.3 Å². The van der Waals surface area contributed by atoms with Gasteiger partial charge < -0.3 is 19.1 Å². The van der Waals surface area contributed by atoms with Crippen molar-refractivity contribution in [2.24, 2.45) is 22.7 Å². The summed E-state index contributed by atoms with van der Waals surface area (Å²) in [5.74, 6) is 0.267. The van der Waals surface area contributed by atoms with E-state index in [2.05, 4.69) is 44.8 Å². The summed E-state index contributed by atoms with van der Waals surface area (Å²) in [6.45, 7) is 19.1. The smallest absolute Gasteiger partial charge is 0.244 e. The highest BCUT2D eigenvalue weighted by Crippen LogP contribution is 2.29. The highest BCUT2D eigenvalue weighted by molar-refractivity contribution is 6.08. The molecular formula is C41H57N5O7. The first-order valence-electron chi connectivity index (χ1n) is 18.4. The van der Waals surface area contributed by atoms with Gasteiger partial charge in [-0.25, -0.2) is 0 Å². The Kier molecular flexibility index (Phi) is 13.2. The summed E-state index contributed by atoms with van der Waals surface area (Å²) in [4.78, 5) is 55.0. The Morgan fingerprint density at radius 3 is 1.68 bits per heavy atom. The van der Waals surface area contributed by atoms with Crippen molar-refractivity contribution in [3.63, 3.8) is 0 Å². The Morgan fingerprint density at radius 2 is 1.23 bits per heavy atom. The molecule has 0 radical (unpaired) electrons. The van der Waals surface area contributed by atoms with Crippen molar-refractivity contribution in [1.82, 2.24) is 24.5 Å². The molecule has 1 amide bonds. The predicted molar refractivity (Wildman–Crippen MR) is 206 cm³/mol. The van der Waals surface area contributed by atoms with Crippen molar-refractivity contribution < 1.29 is 33.4 Å². The van der Waals surface area contributed by atoms with Crippen LogP contribution in [-0.2, 0) is 27.4 Å². The summed E-state index contributed by atoms with van der Waals surface area (Å²) in [5, 5.41) is 10.5. The molecule has 0 saturated carbocycles. The summed E-state index contributed by atoms with van der Waals surface area (Å²) in [6.07, 6.45) is 1.40. The Balaban J connectivity index is 1.43. The highest BCUT2D eigenvalue weighted by Gasteiger charge is 2.28. The number of amides is 1. The maximum atomic E-state index is 14.1. The molecule has 0 N–H and O–H groups in total. The molecule has 53 heavy (non-hydrogen) atoms. The fourth-order valence-corrected chi connectivity index (χ4v) is 6.05. The fourth-order valence-electron chi connectivity index (χ4n) is 6.05. The summed E-state index contributed by atoms with van der Waals surface area (Å²) in [5.41, 5.74) is 1.66. The van der Waals surface area contributed by atoms with E-state index >= 15 is 0 Å². The number of rotatable bonds is 19. The first-order chi connectivity index (χ1) is 24.8. The van der Waals surface area contributed by atoms with Gasteiger partial charge in [0.15, 0.2) is 17.3 Å². The summed E-state index contributed by atoms with van der Waals surface area (Å²) < 4.78 is 19.9. The Morgan fingerprint density at radius 1 is 0.736 bits per heavy atom. The lowest BCUT2D eigenvalue weighted by Crippen LogP contribution is -2.42. The van der Waals surface area contributed by atoms with Crippen LogP contribution in [0.3, 0.4) is 0 Å². The molecule has 0 spiro atoms. The van der Waals surface area contributed by atoms with E-state index in [0.29, 0.717) is 70.8 Å². The van der Waals surface area contributed by atoms with Crippen molar-refractivity contribution in [2.45, 2.75) is 88.2 Å². The van der Waals surface area contributed by atoms with E-state index in [4.69, 9.17) is 14.2 Å². The summed E-state index contributed by atoms with van der Waals surface area (Å²) in [7, 11) is 3.14. The SMILES string of the molecule is COc1ccc2c(C(=O)C(C)C)nn(CC(=O)COCCC(C)(C)CN(CCC(C)(C)C)C(=O)Cn3nc(C(=O)C(C)C)c4ccc(OC)cc43)c2c1. The Labute approximate surface area is 313 Å². The lowest BCUT2D eigenvalue weighted by atomic mass is 9.87. The largest absolute Gasteiger partial charge is 0.497 e. The molecule has 4 rings (SSSR count). The quantitative estimate of drug-likeness (QED) is 0.0735. The molecule has 0 unspecified atom stereocenters. The standard InChI is InChI=1S/C41H57N5O7/c1-26(2)38(49)36-31-14-12-29(51-10)20-33(31)45(42-36)22-28(47)24-53-19-17-41(8,9)25-44(18-16-40(5,6)7)35(48)23-46-34-21-30(52-11)13-15-32(34)37(43-46)39(50)27(3)4/h12-15,20-21,26-27H,16-19,22-25H2,1-11H3. The highest BCUT2D eigenvalue weighted by atomic mass is 16.5. The third-order valence-corrected chi connectivity index (χ3v) is 9.33. The number of fused-ring (bicyclic) bond motifs is 2. The van der Waals surface area contributed by atoms with Crippen LogP contribution < -0.4 is 9.47 Å². The fraction of sp³-hybridized carbons (Fsp3) is 0.561. The molecule has 0 bridgehead atoms. The minimum Gasteiger partial charge on any atom is -0.497 e. The zero-order chi connectivity index (χ0) is 39.2. The zero-order valence-electron chi connectivity index (χ0n) is 33.4. The van der Waals surface area contributed by atoms with Gasteiger partial charge in [-0.3, -0.25) is 28.5 Å². The molecular weight excluding hydrogens is 674 g/mol. The van der Waals surface area contributed by atoms with Crippen LogP contribution in [0, 0.1) is 22.7 Å². The number of benzene rings is 2. The molecule has 0 aliphatic heterocycles. The molecule has 0 aliphatic rings. The molecule has 2 aromatic carbocycles. The van der Waals surface area contributed by atoms with Crippen LogP contribution in [0.2, 0.25) is 0 Å². The number of ether oxygens (including phenoxy) is 3. The molecule has 0 aliphatic carbocycles. The second-order valence-electron chi connectivity index (χ2n) is 16.4. The lowest BCUT2D eigenvalue weighted by Gasteiger charge is -2.34. The van der Waals surface area contributed by atoms with E-state index < -0.39 is 0 Å². The molecule has 2 aromatic heterocycles. The third-order valence-electron chi connectivity index (χ3n) is 9.33. The minimum atomic E-state index is -0.342. The molecule has 0 atom stereocenters.